The van der Waals surface area contributed by atoms with Gasteiger partial charge in [0.15, 0.2) is 5.76 Å². The van der Waals surface area contributed by atoms with Crippen LogP contribution < -0.4 is 4.90 Å². The van der Waals surface area contributed by atoms with Crippen molar-refractivity contribution in [2.24, 2.45) is 0 Å². The van der Waals surface area contributed by atoms with Crippen LogP contribution in [0.15, 0.2) is 63.9 Å². The Labute approximate surface area is 186 Å². The van der Waals surface area contributed by atoms with Crippen molar-refractivity contribution in [1.82, 2.24) is 4.31 Å². The number of hydrogen-bond acceptors (Lipinski definition) is 4. The average Bonchev–Trinajstić information content (AvgIpc) is 3.47. The SMILES string of the molecule is O=C(c1ccc(-c2ccc(F)cc2)o1)N1CCc2cc(S(=O)(=O)N3CCCCC3)ccc21. The number of fused-ring (bicyclic) bond motifs is 1. The lowest BCUT2D eigenvalue weighted by Crippen LogP contribution is -2.35. The molecule has 32 heavy (non-hydrogen) atoms. The summed E-state index contributed by atoms with van der Waals surface area (Å²) in [6.07, 6.45) is 3.41. The molecule has 0 unspecified atom stereocenters. The van der Waals surface area contributed by atoms with E-state index in [2.05, 4.69) is 0 Å². The molecule has 6 nitrogen and oxygen atoms in total. The second-order valence-electron chi connectivity index (χ2n) is 8.13. The number of benzene rings is 2. The third kappa shape index (κ3) is 3.73. The molecule has 0 saturated carbocycles. The van der Waals surface area contributed by atoms with Crippen molar-refractivity contribution >= 4 is 21.6 Å². The lowest BCUT2D eigenvalue weighted by molar-refractivity contribution is 0.0963. The van der Waals surface area contributed by atoms with Gasteiger partial charge in [0, 0.05) is 30.9 Å². The van der Waals surface area contributed by atoms with Gasteiger partial charge >= 0.3 is 0 Å². The highest BCUT2D eigenvalue weighted by Crippen LogP contribution is 2.33. The first kappa shape index (κ1) is 20.9. The van der Waals surface area contributed by atoms with E-state index in [1.807, 2.05) is 0 Å². The topological polar surface area (TPSA) is 70.8 Å². The molecule has 2 aliphatic rings. The molecule has 1 aromatic heterocycles. The zero-order chi connectivity index (χ0) is 22.3. The van der Waals surface area contributed by atoms with Crippen LogP contribution >= 0.6 is 0 Å². The number of carbonyl (C=O) groups excluding carboxylic acids is 1. The van der Waals surface area contributed by atoms with Gasteiger partial charge in [0.1, 0.15) is 11.6 Å². The van der Waals surface area contributed by atoms with Crippen LogP contribution in [-0.4, -0.2) is 38.3 Å². The summed E-state index contributed by atoms with van der Waals surface area (Å²) in [6, 6.07) is 14.1. The maximum atomic E-state index is 13.2. The quantitative estimate of drug-likeness (QED) is 0.584. The van der Waals surface area contributed by atoms with Crippen LogP contribution in [0, 0.1) is 5.82 Å². The normalized spacial score (nSPS) is 16.8. The van der Waals surface area contributed by atoms with Crippen molar-refractivity contribution < 1.29 is 22.0 Å². The number of hydrogen-bond donors (Lipinski definition) is 0. The summed E-state index contributed by atoms with van der Waals surface area (Å²) in [5, 5.41) is 0. The van der Waals surface area contributed by atoms with Crippen molar-refractivity contribution in [2.45, 2.75) is 30.6 Å². The number of sulfonamides is 1. The lowest BCUT2D eigenvalue weighted by Gasteiger charge is -2.26. The zero-order valence-electron chi connectivity index (χ0n) is 17.5. The van der Waals surface area contributed by atoms with Crippen LogP contribution in [0.4, 0.5) is 10.1 Å². The first-order valence-corrected chi connectivity index (χ1v) is 12.2. The first-order valence-electron chi connectivity index (χ1n) is 10.7. The van der Waals surface area contributed by atoms with Crippen molar-refractivity contribution in [3.63, 3.8) is 0 Å². The van der Waals surface area contributed by atoms with Crippen LogP contribution in [0.25, 0.3) is 11.3 Å². The lowest BCUT2D eigenvalue weighted by atomic mass is 10.2. The molecule has 3 heterocycles. The first-order chi connectivity index (χ1) is 15.4. The minimum atomic E-state index is -3.52. The van der Waals surface area contributed by atoms with Crippen molar-refractivity contribution in [1.29, 1.82) is 0 Å². The van der Waals surface area contributed by atoms with Gasteiger partial charge < -0.3 is 9.32 Å². The van der Waals surface area contributed by atoms with Crippen molar-refractivity contribution in [3.05, 3.63) is 71.7 Å². The summed E-state index contributed by atoms with van der Waals surface area (Å²) in [4.78, 5) is 15.0. The summed E-state index contributed by atoms with van der Waals surface area (Å²) in [5.74, 6) is 0.0358. The van der Waals surface area contributed by atoms with Crippen LogP contribution in [0.1, 0.15) is 35.4 Å². The van der Waals surface area contributed by atoms with Gasteiger partial charge in [0.25, 0.3) is 5.91 Å². The molecule has 5 rings (SSSR count). The van der Waals surface area contributed by atoms with Gasteiger partial charge in [-0.25, -0.2) is 12.8 Å². The number of amides is 1. The molecule has 0 radical (unpaired) electrons. The molecule has 166 valence electrons. The molecular weight excluding hydrogens is 431 g/mol. The Morgan fingerprint density at radius 3 is 2.41 bits per heavy atom. The molecule has 2 aromatic carbocycles. The zero-order valence-corrected chi connectivity index (χ0v) is 18.3. The van der Waals surface area contributed by atoms with E-state index < -0.39 is 10.0 Å². The standard InChI is InChI=1S/C24H23FN2O4S/c25-19-6-4-17(5-7-19)22-10-11-23(31-22)24(28)27-15-12-18-16-20(8-9-21(18)27)32(29,30)26-13-2-1-3-14-26/h4-11,16H,1-3,12-15H2. The monoisotopic (exact) mass is 454 g/mol. The van der Waals surface area contributed by atoms with Gasteiger partial charge in [-0.1, -0.05) is 6.42 Å². The highest BCUT2D eigenvalue weighted by molar-refractivity contribution is 7.89. The molecule has 1 amide bonds. The maximum absolute atomic E-state index is 13.2. The number of anilines is 1. The average molecular weight is 455 g/mol. The fraction of sp³-hybridized carbons (Fsp3) is 0.292. The van der Waals surface area contributed by atoms with E-state index >= 15 is 0 Å². The molecule has 0 spiro atoms. The van der Waals surface area contributed by atoms with Gasteiger partial charge in [0.2, 0.25) is 10.0 Å². The molecule has 0 bridgehead atoms. The minimum Gasteiger partial charge on any atom is -0.451 e. The number of rotatable bonds is 4. The Balaban J connectivity index is 1.38. The summed E-state index contributed by atoms with van der Waals surface area (Å²) >= 11 is 0. The molecule has 2 aliphatic heterocycles. The van der Waals surface area contributed by atoms with E-state index in [0.29, 0.717) is 43.1 Å². The minimum absolute atomic E-state index is 0.183. The fourth-order valence-electron chi connectivity index (χ4n) is 4.36. The van der Waals surface area contributed by atoms with Crippen LogP contribution in [0.3, 0.4) is 0 Å². The van der Waals surface area contributed by atoms with E-state index in [1.54, 1.807) is 51.7 Å². The van der Waals surface area contributed by atoms with E-state index in [0.717, 1.165) is 24.8 Å². The van der Waals surface area contributed by atoms with E-state index in [4.69, 9.17) is 4.42 Å². The number of halogens is 1. The fourth-order valence-corrected chi connectivity index (χ4v) is 5.93. The van der Waals surface area contributed by atoms with E-state index in [1.165, 1.54) is 12.1 Å². The molecule has 0 atom stereocenters. The van der Waals surface area contributed by atoms with Gasteiger partial charge in [-0.2, -0.15) is 4.31 Å². The van der Waals surface area contributed by atoms with Gasteiger partial charge in [0.05, 0.1) is 4.90 Å². The molecule has 1 fully saturated rings. The Morgan fingerprint density at radius 1 is 0.906 bits per heavy atom. The number of nitrogens with zero attached hydrogens (tertiary/aromatic N) is 2. The van der Waals surface area contributed by atoms with Crippen LogP contribution in [-0.2, 0) is 16.4 Å². The molecule has 0 aliphatic carbocycles. The highest BCUT2D eigenvalue weighted by atomic mass is 32.2. The van der Waals surface area contributed by atoms with E-state index in [-0.39, 0.29) is 22.4 Å². The third-order valence-corrected chi connectivity index (χ3v) is 7.98. The Hall–Kier alpha value is -2.97. The molecular formula is C24H23FN2O4S. The predicted molar refractivity (Wildman–Crippen MR) is 119 cm³/mol. The Kier molecular flexibility index (Phi) is 5.35. The highest BCUT2D eigenvalue weighted by Gasteiger charge is 2.31. The Morgan fingerprint density at radius 2 is 1.66 bits per heavy atom. The smallest absolute Gasteiger partial charge is 0.294 e. The summed E-state index contributed by atoms with van der Waals surface area (Å²) in [6.45, 7) is 1.56. The van der Waals surface area contributed by atoms with Crippen molar-refractivity contribution in [3.8, 4) is 11.3 Å². The Bertz CT molecular complexity index is 1260. The molecule has 0 N–H and O–H groups in total. The summed E-state index contributed by atoms with van der Waals surface area (Å²) < 4.78 is 46.4. The number of furan rings is 1. The van der Waals surface area contributed by atoms with Gasteiger partial charge in [-0.05, 0) is 79.4 Å². The second-order valence-corrected chi connectivity index (χ2v) is 10.1. The second kappa shape index (κ2) is 8.18. The summed E-state index contributed by atoms with van der Waals surface area (Å²) in [7, 11) is -3.52. The van der Waals surface area contributed by atoms with Crippen molar-refractivity contribution in [2.75, 3.05) is 24.5 Å². The van der Waals surface area contributed by atoms with Crippen LogP contribution in [0.5, 0.6) is 0 Å². The largest absolute Gasteiger partial charge is 0.451 e. The summed E-state index contributed by atoms with van der Waals surface area (Å²) in [5.41, 5.74) is 2.22. The predicted octanol–water partition coefficient (Wildman–Crippen LogP) is 4.46. The maximum Gasteiger partial charge on any atom is 0.294 e. The number of carbonyl (C=O) groups is 1. The van der Waals surface area contributed by atoms with Crippen LogP contribution in [0.2, 0.25) is 0 Å². The van der Waals surface area contributed by atoms with Gasteiger partial charge in [-0.15, -0.1) is 0 Å². The number of piperidine rings is 1. The van der Waals surface area contributed by atoms with Gasteiger partial charge in [-0.3, -0.25) is 4.79 Å². The molecule has 3 aromatic rings. The molecule has 1 saturated heterocycles. The third-order valence-electron chi connectivity index (χ3n) is 6.09. The van der Waals surface area contributed by atoms with E-state index in [9.17, 15) is 17.6 Å². The molecule has 8 heteroatoms.